The lowest BCUT2D eigenvalue weighted by atomic mass is 10.1. The fourth-order valence-corrected chi connectivity index (χ4v) is 0.746. The number of carbonyl (C=O) groups excluding carboxylic acids is 1. The van der Waals surface area contributed by atoms with Crippen LogP contribution < -0.4 is 16.4 Å². The summed E-state index contributed by atoms with van der Waals surface area (Å²) in [4.78, 5) is 10.1. The van der Waals surface area contributed by atoms with Crippen molar-refractivity contribution in [3.8, 4) is 0 Å². The Labute approximate surface area is 53.8 Å². The molecule has 1 heterocycles. The van der Waals surface area contributed by atoms with Gasteiger partial charge < -0.3 is 16.4 Å². The molecule has 0 radical (unpaired) electrons. The SMILES string of the molecule is NC(=O)NCC1CCN1. The lowest BCUT2D eigenvalue weighted by Gasteiger charge is -2.27. The second-order valence-corrected chi connectivity index (χ2v) is 2.18. The number of amides is 2. The monoisotopic (exact) mass is 129 g/mol. The zero-order valence-electron chi connectivity index (χ0n) is 5.18. The highest BCUT2D eigenvalue weighted by Crippen LogP contribution is 1.98. The first-order valence-electron chi connectivity index (χ1n) is 3.06. The van der Waals surface area contributed by atoms with Crippen molar-refractivity contribution in [3.63, 3.8) is 0 Å². The molecule has 1 aliphatic rings. The number of primary amides is 1. The highest BCUT2D eigenvalue weighted by Gasteiger charge is 2.15. The van der Waals surface area contributed by atoms with E-state index in [2.05, 4.69) is 10.6 Å². The van der Waals surface area contributed by atoms with Crippen LogP contribution in [0.2, 0.25) is 0 Å². The molecule has 0 saturated carbocycles. The van der Waals surface area contributed by atoms with Crippen molar-refractivity contribution >= 4 is 6.03 Å². The molecule has 0 aliphatic carbocycles. The molecule has 2 amide bonds. The van der Waals surface area contributed by atoms with Crippen LogP contribution in [0, 0.1) is 0 Å². The lowest BCUT2D eigenvalue weighted by Crippen LogP contribution is -2.50. The summed E-state index contributed by atoms with van der Waals surface area (Å²) in [5, 5.41) is 5.65. The van der Waals surface area contributed by atoms with Crippen molar-refractivity contribution in [1.29, 1.82) is 0 Å². The predicted octanol–water partition coefficient (Wildman–Crippen LogP) is -0.983. The minimum Gasteiger partial charge on any atom is -0.352 e. The van der Waals surface area contributed by atoms with Gasteiger partial charge in [0.1, 0.15) is 0 Å². The van der Waals surface area contributed by atoms with Crippen LogP contribution in [0.15, 0.2) is 0 Å². The van der Waals surface area contributed by atoms with E-state index >= 15 is 0 Å². The Morgan fingerprint density at radius 3 is 2.89 bits per heavy atom. The highest BCUT2D eigenvalue weighted by molar-refractivity contribution is 5.71. The maximum Gasteiger partial charge on any atom is 0.312 e. The zero-order chi connectivity index (χ0) is 6.69. The molecule has 1 atom stereocenters. The number of urea groups is 1. The summed E-state index contributed by atoms with van der Waals surface area (Å²) < 4.78 is 0. The molecule has 4 nitrogen and oxygen atoms in total. The van der Waals surface area contributed by atoms with Gasteiger partial charge in [0.15, 0.2) is 0 Å². The van der Waals surface area contributed by atoms with E-state index in [-0.39, 0.29) is 0 Å². The Morgan fingerprint density at radius 2 is 2.56 bits per heavy atom. The first-order chi connectivity index (χ1) is 4.29. The van der Waals surface area contributed by atoms with Crippen LogP contribution in [0.5, 0.6) is 0 Å². The van der Waals surface area contributed by atoms with Gasteiger partial charge >= 0.3 is 6.03 Å². The molecule has 0 bridgehead atoms. The number of carbonyl (C=O) groups is 1. The van der Waals surface area contributed by atoms with E-state index in [0.717, 1.165) is 13.0 Å². The molecule has 0 aromatic heterocycles. The van der Waals surface area contributed by atoms with Crippen molar-refractivity contribution in [1.82, 2.24) is 10.6 Å². The second kappa shape index (κ2) is 2.68. The molecular weight excluding hydrogens is 118 g/mol. The zero-order valence-corrected chi connectivity index (χ0v) is 5.18. The first-order valence-corrected chi connectivity index (χ1v) is 3.06. The third-order valence-electron chi connectivity index (χ3n) is 1.45. The van der Waals surface area contributed by atoms with E-state index in [4.69, 9.17) is 5.73 Å². The van der Waals surface area contributed by atoms with Crippen LogP contribution in [0.4, 0.5) is 4.79 Å². The van der Waals surface area contributed by atoms with E-state index in [1.165, 1.54) is 0 Å². The molecule has 1 rings (SSSR count). The Hall–Kier alpha value is -0.770. The fraction of sp³-hybridized carbons (Fsp3) is 0.800. The average Bonchev–Trinajstić information content (AvgIpc) is 1.60. The van der Waals surface area contributed by atoms with Gasteiger partial charge in [0.05, 0.1) is 0 Å². The number of nitrogens with two attached hydrogens (primary N) is 1. The molecule has 9 heavy (non-hydrogen) atoms. The molecule has 1 fully saturated rings. The fourth-order valence-electron chi connectivity index (χ4n) is 0.746. The van der Waals surface area contributed by atoms with Gasteiger partial charge in [0.25, 0.3) is 0 Å². The minimum atomic E-state index is -0.441. The van der Waals surface area contributed by atoms with Crippen LogP contribution in [0.3, 0.4) is 0 Å². The van der Waals surface area contributed by atoms with Gasteiger partial charge in [-0.15, -0.1) is 0 Å². The van der Waals surface area contributed by atoms with E-state index in [0.29, 0.717) is 12.6 Å². The summed E-state index contributed by atoms with van der Waals surface area (Å²) in [5.74, 6) is 0. The Morgan fingerprint density at radius 1 is 1.89 bits per heavy atom. The quantitative estimate of drug-likeness (QED) is 0.448. The van der Waals surface area contributed by atoms with Gasteiger partial charge in [-0.3, -0.25) is 0 Å². The van der Waals surface area contributed by atoms with Crippen LogP contribution >= 0.6 is 0 Å². The van der Waals surface area contributed by atoms with E-state index in [1.807, 2.05) is 0 Å². The molecule has 0 aromatic carbocycles. The van der Waals surface area contributed by atoms with Gasteiger partial charge in [0, 0.05) is 12.6 Å². The molecule has 1 unspecified atom stereocenters. The second-order valence-electron chi connectivity index (χ2n) is 2.18. The summed E-state index contributed by atoms with van der Waals surface area (Å²) in [5.41, 5.74) is 4.84. The van der Waals surface area contributed by atoms with Crippen molar-refractivity contribution in [2.24, 2.45) is 5.73 Å². The van der Waals surface area contributed by atoms with E-state index < -0.39 is 6.03 Å². The Bertz CT molecular complexity index is 111. The number of hydrogen-bond acceptors (Lipinski definition) is 2. The third-order valence-corrected chi connectivity index (χ3v) is 1.45. The van der Waals surface area contributed by atoms with Crippen molar-refractivity contribution < 1.29 is 4.79 Å². The third kappa shape index (κ3) is 1.89. The topological polar surface area (TPSA) is 67.2 Å². The molecular formula is C5H11N3O. The molecule has 0 aromatic rings. The average molecular weight is 129 g/mol. The normalized spacial score (nSPS) is 24.7. The van der Waals surface area contributed by atoms with Crippen LogP contribution in [-0.4, -0.2) is 25.2 Å². The minimum absolute atomic E-state index is 0.441. The number of hydrogen-bond donors (Lipinski definition) is 3. The Balaban J connectivity index is 1.97. The van der Waals surface area contributed by atoms with Crippen molar-refractivity contribution in [3.05, 3.63) is 0 Å². The van der Waals surface area contributed by atoms with Gasteiger partial charge in [0.2, 0.25) is 0 Å². The summed E-state index contributed by atoms with van der Waals surface area (Å²) in [6.07, 6.45) is 1.14. The molecule has 52 valence electrons. The van der Waals surface area contributed by atoms with E-state index in [1.54, 1.807) is 0 Å². The first kappa shape index (κ1) is 6.35. The van der Waals surface area contributed by atoms with Crippen LogP contribution in [-0.2, 0) is 0 Å². The van der Waals surface area contributed by atoms with Gasteiger partial charge in [-0.25, -0.2) is 4.79 Å². The predicted molar refractivity (Wildman–Crippen MR) is 34.0 cm³/mol. The molecule has 0 spiro atoms. The van der Waals surface area contributed by atoms with Crippen molar-refractivity contribution in [2.75, 3.05) is 13.1 Å². The summed E-state index contributed by atoms with van der Waals surface area (Å²) >= 11 is 0. The summed E-state index contributed by atoms with van der Waals surface area (Å²) in [7, 11) is 0. The van der Waals surface area contributed by atoms with Crippen LogP contribution in [0.25, 0.3) is 0 Å². The largest absolute Gasteiger partial charge is 0.352 e. The molecule has 1 aliphatic heterocycles. The van der Waals surface area contributed by atoms with Gasteiger partial charge in [-0.05, 0) is 13.0 Å². The van der Waals surface area contributed by atoms with Gasteiger partial charge in [-0.2, -0.15) is 0 Å². The standard InChI is InChI=1S/C5H11N3O/c6-5(9)8-3-4-1-2-7-4/h4,7H,1-3H2,(H3,6,8,9). The lowest BCUT2D eigenvalue weighted by molar-refractivity contribution is 0.245. The van der Waals surface area contributed by atoms with E-state index in [9.17, 15) is 4.79 Å². The van der Waals surface area contributed by atoms with Gasteiger partial charge in [-0.1, -0.05) is 0 Å². The molecule has 4 N–H and O–H groups in total. The summed E-state index contributed by atoms with van der Waals surface area (Å²) in [6, 6.07) is 0.0150. The molecule has 4 heteroatoms. The number of nitrogens with one attached hydrogen (secondary N) is 2. The number of rotatable bonds is 2. The molecule has 1 saturated heterocycles. The van der Waals surface area contributed by atoms with Crippen molar-refractivity contribution in [2.45, 2.75) is 12.5 Å². The Kier molecular flexibility index (Phi) is 1.89. The van der Waals surface area contributed by atoms with Crippen LogP contribution in [0.1, 0.15) is 6.42 Å². The summed E-state index contributed by atoms with van der Waals surface area (Å²) in [6.45, 7) is 1.72. The smallest absolute Gasteiger partial charge is 0.312 e. The maximum absolute atomic E-state index is 10.1. The maximum atomic E-state index is 10.1. The highest BCUT2D eigenvalue weighted by atomic mass is 16.2.